The largest absolute Gasteiger partial charge is 0.353 e. The Morgan fingerprint density at radius 1 is 1.21 bits per heavy atom. The smallest absolute Gasteiger partial charge is 0.223 e. The lowest BCUT2D eigenvalue weighted by molar-refractivity contribution is -0.126. The molecule has 1 N–H and O–H groups in total. The first kappa shape index (κ1) is 13.9. The Labute approximate surface area is 96.0 Å². The van der Waals surface area contributed by atoms with Gasteiger partial charge in [-0.05, 0) is 18.8 Å². The highest BCUT2D eigenvalue weighted by Gasteiger charge is 2.20. The topological polar surface area (TPSA) is 29.1 Å². The number of amides is 1. The lowest BCUT2D eigenvalue weighted by Gasteiger charge is -2.23. The zero-order valence-corrected chi connectivity index (χ0v) is 11.4. The van der Waals surface area contributed by atoms with Gasteiger partial charge in [-0.3, -0.25) is 4.79 Å². The van der Waals surface area contributed by atoms with Gasteiger partial charge in [-0.25, -0.2) is 0 Å². The summed E-state index contributed by atoms with van der Waals surface area (Å²) in [5, 5.41) is 3.96. The van der Waals surface area contributed by atoms with Gasteiger partial charge in [-0.15, -0.1) is 0 Å². The van der Waals surface area contributed by atoms with Crippen LogP contribution in [-0.4, -0.2) is 17.3 Å². The summed E-state index contributed by atoms with van der Waals surface area (Å²) >= 11 is 3.42. The molecule has 0 bridgehead atoms. The van der Waals surface area contributed by atoms with Crippen LogP contribution in [0.15, 0.2) is 0 Å². The van der Waals surface area contributed by atoms with Crippen molar-refractivity contribution in [2.24, 2.45) is 17.8 Å². The maximum Gasteiger partial charge on any atom is 0.223 e. The Kier molecular flexibility index (Phi) is 6.41. The highest BCUT2D eigenvalue weighted by molar-refractivity contribution is 9.09. The summed E-state index contributed by atoms with van der Waals surface area (Å²) < 4.78 is 0. The van der Waals surface area contributed by atoms with Crippen molar-refractivity contribution < 1.29 is 4.79 Å². The van der Waals surface area contributed by atoms with Crippen molar-refractivity contribution in [2.45, 2.75) is 40.7 Å². The van der Waals surface area contributed by atoms with Crippen LogP contribution in [0.5, 0.6) is 0 Å². The Morgan fingerprint density at radius 3 is 2.07 bits per heavy atom. The quantitative estimate of drug-likeness (QED) is 0.760. The lowest BCUT2D eigenvalue weighted by Crippen LogP contribution is -2.41. The van der Waals surface area contributed by atoms with E-state index in [1.54, 1.807) is 0 Å². The number of alkyl halides is 1. The predicted molar refractivity (Wildman–Crippen MR) is 64.6 cm³/mol. The Morgan fingerprint density at radius 2 is 1.71 bits per heavy atom. The van der Waals surface area contributed by atoms with Gasteiger partial charge in [0.05, 0.1) is 0 Å². The molecule has 0 rings (SSSR count). The van der Waals surface area contributed by atoms with Crippen LogP contribution in [0.3, 0.4) is 0 Å². The van der Waals surface area contributed by atoms with Gasteiger partial charge in [-0.2, -0.15) is 0 Å². The van der Waals surface area contributed by atoms with E-state index in [0.29, 0.717) is 11.8 Å². The molecule has 0 radical (unpaired) electrons. The van der Waals surface area contributed by atoms with E-state index in [1.807, 2.05) is 6.92 Å². The molecule has 0 aromatic rings. The van der Waals surface area contributed by atoms with E-state index in [4.69, 9.17) is 0 Å². The molecule has 0 saturated carbocycles. The molecule has 0 heterocycles. The summed E-state index contributed by atoms with van der Waals surface area (Å²) in [5.41, 5.74) is 0. The van der Waals surface area contributed by atoms with Gasteiger partial charge < -0.3 is 5.32 Å². The predicted octanol–water partition coefficient (Wildman–Crippen LogP) is 2.81. The standard InChI is InChI=1S/C11H22BrNO/c1-7(2)9(4)11(14)13-10(5)8(3)6-12/h7-10H,6H2,1-5H3,(H,13,14). The summed E-state index contributed by atoms with van der Waals surface area (Å²) in [4.78, 5) is 11.7. The van der Waals surface area contributed by atoms with Gasteiger partial charge >= 0.3 is 0 Å². The average molecular weight is 264 g/mol. The minimum absolute atomic E-state index is 0.0972. The molecule has 2 nitrogen and oxygen atoms in total. The number of carbonyl (C=O) groups excluding carboxylic acids is 1. The third kappa shape index (κ3) is 4.45. The number of rotatable bonds is 5. The summed E-state index contributed by atoms with van der Waals surface area (Å²) in [6, 6.07) is 0.239. The number of nitrogens with one attached hydrogen (secondary N) is 1. The first-order valence-corrected chi connectivity index (χ1v) is 6.38. The van der Waals surface area contributed by atoms with Crippen molar-refractivity contribution in [1.29, 1.82) is 0 Å². The van der Waals surface area contributed by atoms with Gasteiger partial charge in [0.1, 0.15) is 0 Å². The zero-order valence-electron chi connectivity index (χ0n) is 9.80. The van der Waals surface area contributed by atoms with Crippen molar-refractivity contribution in [3.05, 3.63) is 0 Å². The first-order valence-electron chi connectivity index (χ1n) is 5.26. The normalized spacial score (nSPS) is 17.6. The molecule has 0 saturated heterocycles. The number of hydrogen-bond acceptors (Lipinski definition) is 1. The molecule has 3 unspecified atom stereocenters. The molecule has 3 atom stereocenters. The lowest BCUT2D eigenvalue weighted by atomic mass is 9.96. The van der Waals surface area contributed by atoms with Gasteiger partial charge in [0.25, 0.3) is 0 Å². The molecule has 0 aromatic carbocycles. The summed E-state index contributed by atoms with van der Waals surface area (Å²) in [6.45, 7) is 10.3. The van der Waals surface area contributed by atoms with Crippen molar-refractivity contribution in [1.82, 2.24) is 5.32 Å². The van der Waals surface area contributed by atoms with Gasteiger partial charge in [0.2, 0.25) is 5.91 Å². The van der Waals surface area contributed by atoms with Crippen LogP contribution in [-0.2, 0) is 4.79 Å². The molecule has 0 aromatic heterocycles. The van der Waals surface area contributed by atoms with Crippen LogP contribution in [0.4, 0.5) is 0 Å². The minimum Gasteiger partial charge on any atom is -0.353 e. The Balaban J connectivity index is 4.05. The summed E-state index contributed by atoms with van der Waals surface area (Å²) in [7, 11) is 0. The number of hydrogen-bond donors (Lipinski definition) is 1. The van der Waals surface area contributed by atoms with Crippen molar-refractivity contribution in [3.63, 3.8) is 0 Å². The van der Waals surface area contributed by atoms with Crippen molar-refractivity contribution >= 4 is 21.8 Å². The minimum atomic E-state index is 0.0972. The van der Waals surface area contributed by atoms with E-state index < -0.39 is 0 Å². The maximum atomic E-state index is 11.7. The second-order valence-electron chi connectivity index (χ2n) is 4.46. The molecule has 0 aliphatic carbocycles. The molecule has 0 aliphatic heterocycles. The monoisotopic (exact) mass is 263 g/mol. The fourth-order valence-electron chi connectivity index (χ4n) is 0.934. The van der Waals surface area contributed by atoms with Crippen molar-refractivity contribution in [3.8, 4) is 0 Å². The average Bonchev–Trinajstić information content (AvgIpc) is 2.14. The Hall–Kier alpha value is -0.0500. The van der Waals surface area contributed by atoms with E-state index in [0.717, 1.165) is 5.33 Å². The molecule has 0 spiro atoms. The van der Waals surface area contributed by atoms with Crippen LogP contribution >= 0.6 is 15.9 Å². The fourth-order valence-corrected chi connectivity index (χ4v) is 1.50. The molecular formula is C11H22BrNO. The maximum absolute atomic E-state index is 11.7. The third-order valence-electron chi connectivity index (χ3n) is 2.88. The highest BCUT2D eigenvalue weighted by Crippen LogP contribution is 2.12. The van der Waals surface area contributed by atoms with Crippen molar-refractivity contribution in [2.75, 3.05) is 5.33 Å². The second kappa shape index (κ2) is 6.44. The van der Waals surface area contributed by atoms with Gasteiger partial charge in [0.15, 0.2) is 0 Å². The summed E-state index contributed by atoms with van der Waals surface area (Å²) in [5.74, 6) is 1.14. The first-order chi connectivity index (χ1) is 6.40. The summed E-state index contributed by atoms with van der Waals surface area (Å²) in [6.07, 6.45) is 0. The van der Waals surface area contributed by atoms with Gasteiger partial charge in [0, 0.05) is 17.3 Å². The fraction of sp³-hybridized carbons (Fsp3) is 0.909. The molecule has 14 heavy (non-hydrogen) atoms. The van der Waals surface area contributed by atoms with E-state index in [9.17, 15) is 4.79 Å². The van der Waals surface area contributed by atoms with Crippen LogP contribution < -0.4 is 5.32 Å². The Bertz CT molecular complexity index is 182. The van der Waals surface area contributed by atoms with Gasteiger partial charge in [-0.1, -0.05) is 43.6 Å². The van der Waals surface area contributed by atoms with E-state index in [2.05, 4.69) is 48.9 Å². The molecule has 0 aliphatic rings. The molecule has 1 amide bonds. The highest BCUT2D eigenvalue weighted by atomic mass is 79.9. The van der Waals surface area contributed by atoms with Crippen LogP contribution in [0.1, 0.15) is 34.6 Å². The van der Waals surface area contributed by atoms with Crippen LogP contribution in [0.25, 0.3) is 0 Å². The zero-order chi connectivity index (χ0) is 11.3. The molecule has 84 valence electrons. The second-order valence-corrected chi connectivity index (χ2v) is 5.11. The van der Waals surface area contributed by atoms with Crippen LogP contribution in [0, 0.1) is 17.8 Å². The van der Waals surface area contributed by atoms with E-state index in [1.165, 1.54) is 0 Å². The van der Waals surface area contributed by atoms with E-state index >= 15 is 0 Å². The number of carbonyl (C=O) groups is 1. The SMILES string of the molecule is CC(C)C(C)C(=O)NC(C)C(C)CBr. The van der Waals surface area contributed by atoms with Crippen LogP contribution in [0.2, 0.25) is 0 Å². The number of halogens is 1. The molecule has 0 fully saturated rings. The third-order valence-corrected chi connectivity index (χ3v) is 3.90. The van der Waals surface area contributed by atoms with E-state index in [-0.39, 0.29) is 17.9 Å². The molecular weight excluding hydrogens is 242 g/mol. The molecule has 3 heteroatoms.